The van der Waals surface area contributed by atoms with Gasteiger partial charge in [-0.05, 0) is 60.2 Å². The third-order valence-corrected chi connectivity index (χ3v) is 7.48. The van der Waals surface area contributed by atoms with E-state index in [1.165, 1.54) is 32.1 Å². The second kappa shape index (κ2) is 15.2. The standard InChI is InChI=1S/C32H27Cl2N3O5S/c1-41-25-16-24(17-26(18-25)42-2)35-30(38)19-43-27-12-10-23(11-13-27)36-32(40)29(14-21-8-9-22(33)15-28(21)34)37-31(39)20-6-4-3-5-7-20/h3-18H,19H2,1-2H3,(H,35,38)(H,36,40)(H,37,39)/b29-14-. The number of carbonyl (C=O) groups is 3. The minimum Gasteiger partial charge on any atom is -0.497 e. The average molecular weight is 637 g/mol. The summed E-state index contributed by atoms with van der Waals surface area (Å²) in [5.74, 6) is 0.0735. The molecule has 3 amide bonds. The molecular weight excluding hydrogens is 609 g/mol. The minimum absolute atomic E-state index is 0.0117. The molecule has 220 valence electrons. The van der Waals surface area contributed by atoms with E-state index in [1.807, 2.05) is 0 Å². The number of rotatable bonds is 11. The number of benzene rings is 4. The third-order valence-electron chi connectivity index (χ3n) is 5.91. The van der Waals surface area contributed by atoms with Crippen LogP contribution in [0.25, 0.3) is 6.08 Å². The first kappa shape index (κ1) is 31.5. The molecule has 0 aliphatic rings. The normalized spacial score (nSPS) is 10.9. The predicted octanol–water partition coefficient (Wildman–Crippen LogP) is 7.15. The molecule has 0 aliphatic carbocycles. The summed E-state index contributed by atoms with van der Waals surface area (Å²) in [7, 11) is 3.07. The van der Waals surface area contributed by atoms with Gasteiger partial charge in [-0.1, -0.05) is 47.5 Å². The number of ether oxygens (including phenoxy) is 2. The summed E-state index contributed by atoms with van der Waals surface area (Å²) in [5.41, 5.74) is 1.93. The van der Waals surface area contributed by atoms with Gasteiger partial charge in [-0.2, -0.15) is 0 Å². The Balaban J connectivity index is 1.41. The highest BCUT2D eigenvalue weighted by Gasteiger charge is 2.16. The van der Waals surface area contributed by atoms with Gasteiger partial charge in [-0.15, -0.1) is 11.8 Å². The molecule has 43 heavy (non-hydrogen) atoms. The maximum Gasteiger partial charge on any atom is 0.272 e. The summed E-state index contributed by atoms with van der Waals surface area (Å²) in [6.07, 6.45) is 1.48. The fraction of sp³-hybridized carbons (Fsp3) is 0.0938. The van der Waals surface area contributed by atoms with Crippen LogP contribution >= 0.6 is 35.0 Å². The molecule has 0 fully saturated rings. The van der Waals surface area contributed by atoms with Crippen molar-refractivity contribution in [3.8, 4) is 11.5 Å². The Kier molecular flexibility index (Phi) is 11.1. The Bertz CT molecular complexity index is 1620. The first-order valence-electron chi connectivity index (χ1n) is 12.8. The van der Waals surface area contributed by atoms with Crippen LogP contribution in [0.3, 0.4) is 0 Å². The topological polar surface area (TPSA) is 106 Å². The fourth-order valence-electron chi connectivity index (χ4n) is 3.77. The van der Waals surface area contributed by atoms with E-state index in [1.54, 1.807) is 91.0 Å². The number of hydrogen-bond donors (Lipinski definition) is 3. The van der Waals surface area contributed by atoms with E-state index >= 15 is 0 Å². The molecule has 8 nitrogen and oxygen atoms in total. The molecule has 0 atom stereocenters. The van der Waals surface area contributed by atoms with Crippen LogP contribution in [0.2, 0.25) is 10.0 Å². The summed E-state index contributed by atoms with van der Waals surface area (Å²) in [6.45, 7) is 0. The van der Waals surface area contributed by atoms with Gasteiger partial charge < -0.3 is 25.4 Å². The molecule has 4 aromatic rings. The Morgan fingerprint density at radius 1 is 0.791 bits per heavy atom. The summed E-state index contributed by atoms with van der Waals surface area (Å²) in [4.78, 5) is 39.5. The van der Waals surface area contributed by atoms with Crippen molar-refractivity contribution in [2.24, 2.45) is 0 Å². The monoisotopic (exact) mass is 635 g/mol. The molecule has 4 rings (SSSR count). The molecular formula is C32H27Cl2N3O5S. The van der Waals surface area contributed by atoms with Crippen LogP contribution in [0.5, 0.6) is 11.5 Å². The van der Waals surface area contributed by atoms with Crippen LogP contribution in [0.1, 0.15) is 15.9 Å². The molecule has 0 bridgehead atoms. The summed E-state index contributed by atoms with van der Waals surface area (Å²) >= 11 is 13.7. The maximum atomic E-state index is 13.3. The van der Waals surface area contributed by atoms with E-state index in [2.05, 4.69) is 16.0 Å². The Labute approximate surface area is 263 Å². The van der Waals surface area contributed by atoms with E-state index in [4.69, 9.17) is 32.7 Å². The number of hydrogen-bond acceptors (Lipinski definition) is 6. The van der Waals surface area contributed by atoms with Gasteiger partial charge in [-0.25, -0.2) is 0 Å². The van der Waals surface area contributed by atoms with E-state index in [9.17, 15) is 14.4 Å². The summed E-state index contributed by atoms with van der Waals surface area (Å²) < 4.78 is 10.5. The Morgan fingerprint density at radius 2 is 1.47 bits per heavy atom. The first-order chi connectivity index (χ1) is 20.7. The number of halogens is 2. The number of methoxy groups -OCH3 is 2. The van der Waals surface area contributed by atoms with Crippen LogP contribution in [0, 0.1) is 0 Å². The van der Waals surface area contributed by atoms with E-state index in [0.29, 0.717) is 44.0 Å². The van der Waals surface area contributed by atoms with Crippen LogP contribution in [0.4, 0.5) is 11.4 Å². The van der Waals surface area contributed by atoms with E-state index in [-0.39, 0.29) is 17.4 Å². The van der Waals surface area contributed by atoms with Gasteiger partial charge in [0, 0.05) is 50.1 Å². The molecule has 3 N–H and O–H groups in total. The first-order valence-corrected chi connectivity index (χ1v) is 14.6. The lowest BCUT2D eigenvalue weighted by Gasteiger charge is -2.12. The second-order valence-electron chi connectivity index (χ2n) is 8.96. The third kappa shape index (κ3) is 9.27. The van der Waals surface area contributed by atoms with Gasteiger partial charge in [-0.3, -0.25) is 14.4 Å². The molecule has 0 heterocycles. The van der Waals surface area contributed by atoms with Crippen molar-refractivity contribution in [2.45, 2.75) is 4.90 Å². The number of amides is 3. The zero-order valence-corrected chi connectivity index (χ0v) is 25.5. The number of nitrogens with one attached hydrogen (secondary N) is 3. The van der Waals surface area contributed by atoms with Crippen molar-refractivity contribution in [1.29, 1.82) is 0 Å². The highest BCUT2D eigenvalue weighted by molar-refractivity contribution is 8.00. The molecule has 0 aromatic heterocycles. The molecule has 0 unspecified atom stereocenters. The zero-order chi connectivity index (χ0) is 30.8. The van der Waals surface area contributed by atoms with Crippen molar-refractivity contribution in [3.63, 3.8) is 0 Å². The number of anilines is 2. The smallest absolute Gasteiger partial charge is 0.272 e. The Morgan fingerprint density at radius 3 is 2.09 bits per heavy atom. The van der Waals surface area contributed by atoms with Gasteiger partial charge in [0.1, 0.15) is 17.2 Å². The molecule has 11 heteroatoms. The van der Waals surface area contributed by atoms with Crippen LogP contribution in [-0.2, 0) is 9.59 Å². The van der Waals surface area contributed by atoms with Crippen molar-refractivity contribution in [2.75, 3.05) is 30.6 Å². The molecule has 0 saturated heterocycles. The SMILES string of the molecule is COc1cc(NC(=O)CSc2ccc(NC(=O)/C(=C/c3ccc(Cl)cc3Cl)NC(=O)c3ccccc3)cc2)cc(OC)c1. The number of thioether (sulfide) groups is 1. The fourth-order valence-corrected chi connectivity index (χ4v) is 4.94. The predicted molar refractivity (Wildman–Crippen MR) is 172 cm³/mol. The van der Waals surface area contributed by atoms with Gasteiger partial charge in [0.05, 0.1) is 20.0 Å². The van der Waals surface area contributed by atoms with Crippen molar-refractivity contribution in [3.05, 3.63) is 118 Å². The van der Waals surface area contributed by atoms with Crippen molar-refractivity contribution >= 4 is 70.1 Å². The average Bonchev–Trinajstić information content (AvgIpc) is 3.01. The van der Waals surface area contributed by atoms with Crippen LogP contribution in [-0.4, -0.2) is 37.7 Å². The summed E-state index contributed by atoms with van der Waals surface area (Å²) in [6, 6.07) is 25.5. The number of carbonyl (C=O) groups excluding carboxylic acids is 3. The lowest BCUT2D eigenvalue weighted by Crippen LogP contribution is -2.30. The highest BCUT2D eigenvalue weighted by atomic mass is 35.5. The maximum absolute atomic E-state index is 13.3. The quantitative estimate of drug-likeness (QED) is 0.119. The molecule has 4 aromatic carbocycles. The van der Waals surface area contributed by atoms with Gasteiger partial charge in [0.15, 0.2) is 0 Å². The molecule has 0 saturated carbocycles. The van der Waals surface area contributed by atoms with Gasteiger partial charge in [0.25, 0.3) is 11.8 Å². The van der Waals surface area contributed by atoms with Crippen molar-refractivity contribution < 1.29 is 23.9 Å². The molecule has 0 aliphatic heterocycles. The zero-order valence-electron chi connectivity index (χ0n) is 23.2. The molecule has 0 spiro atoms. The minimum atomic E-state index is -0.552. The van der Waals surface area contributed by atoms with Gasteiger partial charge >= 0.3 is 0 Å². The van der Waals surface area contributed by atoms with Gasteiger partial charge in [0.2, 0.25) is 5.91 Å². The van der Waals surface area contributed by atoms with Crippen LogP contribution in [0.15, 0.2) is 102 Å². The largest absolute Gasteiger partial charge is 0.497 e. The lowest BCUT2D eigenvalue weighted by molar-refractivity contribution is -0.114. The van der Waals surface area contributed by atoms with E-state index in [0.717, 1.165) is 4.90 Å². The Hall–Kier alpha value is -4.44. The second-order valence-corrected chi connectivity index (χ2v) is 10.9. The summed E-state index contributed by atoms with van der Waals surface area (Å²) in [5, 5.41) is 9.06. The highest BCUT2D eigenvalue weighted by Crippen LogP contribution is 2.27. The lowest BCUT2D eigenvalue weighted by atomic mass is 10.1. The molecule has 0 radical (unpaired) electrons. The van der Waals surface area contributed by atoms with Crippen LogP contribution < -0.4 is 25.4 Å². The van der Waals surface area contributed by atoms with Crippen molar-refractivity contribution in [1.82, 2.24) is 5.32 Å². The van der Waals surface area contributed by atoms with E-state index < -0.39 is 11.8 Å².